The fraction of sp³-hybridized carbons (Fsp3) is 0.308. The molecule has 2 aromatic rings. The lowest BCUT2D eigenvalue weighted by molar-refractivity contribution is -0.161. The number of rotatable bonds is 4. The van der Waals surface area contributed by atoms with E-state index in [1.807, 2.05) is 30.3 Å². The summed E-state index contributed by atoms with van der Waals surface area (Å²) in [6, 6.07) is 15.8. The van der Waals surface area contributed by atoms with Crippen LogP contribution in [0.5, 0.6) is 5.75 Å². The van der Waals surface area contributed by atoms with E-state index in [0.717, 1.165) is 0 Å². The summed E-state index contributed by atoms with van der Waals surface area (Å²) in [6.45, 7) is 0. The number of hydrogen-bond donors (Lipinski definition) is 0. The summed E-state index contributed by atoms with van der Waals surface area (Å²) in [5.41, 5.74) is 1.01. The number of benzene rings is 2. The fourth-order valence-corrected chi connectivity index (χ4v) is 4.78. The van der Waals surface area contributed by atoms with E-state index in [2.05, 4.69) is 0 Å². The largest absolute Gasteiger partial charge is 0.469 e. The fourth-order valence-electron chi connectivity index (χ4n) is 4.78. The molecule has 0 spiro atoms. The number of para-hydroxylation sites is 1. The van der Waals surface area contributed by atoms with Crippen molar-refractivity contribution in [2.24, 2.45) is 11.8 Å². The van der Waals surface area contributed by atoms with Crippen molar-refractivity contribution in [3.8, 4) is 5.75 Å². The Morgan fingerprint density at radius 1 is 0.882 bits per heavy atom. The second kappa shape index (κ2) is 9.91. The van der Waals surface area contributed by atoms with Crippen LogP contribution < -0.4 is 4.74 Å². The first-order chi connectivity index (χ1) is 16.5. The van der Waals surface area contributed by atoms with Crippen molar-refractivity contribution in [2.75, 3.05) is 14.2 Å². The molecule has 0 radical (unpaired) electrons. The van der Waals surface area contributed by atoms with E-state index < -0.39 is 42.0 Å². The van der Waals surface area contributed by atoms with Crippen molar-refractivity contribution in [2.45, 2.75) is 24.9 Å². The summed E-state index contributed by atoms with van der Waals surface area (Å²) in [5.74, 6) is -3.24. The van der Waals surface area contributed by atoms with Crippen LogP contribution >= 0.6 is 0 Å². The monoisotopic (exact) mass is 463 g/mol. The minimum absolute atomic E-state index is 0.0209. The number of methoxy groups -OCH3 is 2. The van der Waals surface area contributed by atoms with Crippen LogP contribution in [0.1, 0.15) is 24.4 Å². The molecule has 4 atom stereocenters. The Morgan fingerprint density at radius 2 is 1.50 bits per heavy atom. The molecule has 1 heterocycles. The molecule has 1 fully saturated rings. The maximum Gasteiger partial charge on any atom is 0.416 e. The summed E-state index contributed by atoms with van der Waals surface area (Å²) in [6.07, 6.45) is 1.04. The highest BCUT2D eigenvalue weighted by Crippen LogP contribution is 2.44. The second-order valence-corrected chi connectivity index (χ2v) is 8.16. The molecule has 0 bridgehead atoms. The molecule has 1 aliphatic carbocycles. The lowest BCUT2D eigenvalue weighted by Gasteiger charge is -2.47. The molecule has 1 amide bonds. The smallest absolute Gasteiger partial charge is 0.416 e. The van der Waals surface area contributed by atoms with E-state index in [1.54, 1.807) is 36.4 Å². The number of nitrogens with zero attached hydrogens (tertiary/aromatic N) is 1. The van der Waals surface area contributed by atoms with Crippen molar-refractivity contribution in [1.82, 2.24) is 4.90 Å². The number of hydrogen-bond acceptors (Lipinski definition) is 7. The van der Waals surface area contributed by atoms with E-state index in [0.29, 0.717) is 16.9 Å². The summed E-state index contributed by atoms with van der Waals surface area (Å²) in [5, 5.41) is 0. The van der Waals surface area contributed by atoms with Crippen LogP contribution in [0.4, 0.5) is 4.79 Å². The number of likely N-dealkylation sites (tertiary alicyclic amines) is 1. The molecule has 4 rings (SSSR count). The van der Waals surface area contributed by atoms with Crippen molar-refractivity contribution in [3.05, 3.63) is 77.9 Å². The van der Waals surface area contributed by atoms with Gasteiger partial charge in [-0.15, -0.1) is 0 Å². The molecule has 0 N–H and O–H groups in total. The van der Waals surface area contributed by atoms with Gasteiger partial charge in [0.1, 0.15) is 5.75 Å². The Kier molecular flexibility index (Phi) is 6.77. The lowest BCUT2D eigenvalue weighted by atomic mass is 9.70. The number of carbonyl (C=O) groups excluding carboxylic acids is 4. The van der Waals surface area contributed by atoms with Gasteiger partial charge in [-0.2, -0.15) is 0 Å². The highest BCUT2D eigenvalue weighted by atomic mass is 16.6. The van der Waals surface area contributed by atoms with Crippen LogP contribution in [0, 0.1) is 11.8 Å². The molecule has 2 aliphatic rings. The van der Waals surface area contributed by atoms with Crippen molar-refractivity contribution in [1.29, 1.82) is 0 Å². The maximum absolute atomic E-state index is 13.6. The van der Waals surface area contributed by atoms with E-state index in [4.69, 9.17) is 14.2 Å². The zero-order valence-electron chi connectivity index (χ0n) is 18.9. The highest BCUT2D eigenvalue weighted by Gasteiger charge is 2.54. The van der Waals surface area contributed by atoms with Gasteiger partial charge in [0.05, 0.1) is 38.1 Å². The molecule has 1 saturated heterocycles. The average Bonchev–Trinajstić information content (AvgIpc) is 2.88. The van der Waals surface area contributed by atoms with Crippen LogP contribution in [-0.2, 0) is 23.9 Å². The number of amides is 1. The van der Waals surface area contributed by atoms with Crippen LogP contribution in [-0.4, -0.2) is 49.0 Å². The van der Waals surface area contributed by atoms with Crippen molar-refractivity contribution >= 4 is 23.8 Å². The summed E-state index contributed by atoms with van der Waals surface area (Å²) >= 11 is 0. The summed E-state index contributed by atoms with van der Waals surface area (Å²) in [4.78, 5) is 53.8. The Labute approximate surface area is 197 Å². The number of esters is 2. The third-order valence-corrected chi connectivity index (χ3v) is 6.34. The lowest BCUT2D eigenvalue weighted by Crippen LogP contribution is -2.59. The molecule has 8 nitrogen and oxygen atoms in total. The van der Waals surface area contributed by atoms with Crippen molar-refractivity contribution in [3.63, 3.8) is 0 Å². The van der Waals surface area contributed by atoms with Gasteiger partial charge in [-0.25, -0.2) is 4.79 Å². The van der Waals surface area contributed by atoms with Crippen molar-refractivity contribution < 1.29 is 33.4 Å². The quantitative estimate of drug-likeness (QED) is 0.640. The minimum atomic E-state index is -1.13. The minimum Gasteiger partial charge on any atom is -0.469 e. The summed E-state index contributed by atoms with van der Waals surface area (Å²) in [7, 11) is 2.44. The molecule has 0 aromatic heterocycles. The predicted molar refractivity (Wildman–Crippen MR) is 121 cm³/mol. The van der Waals surface area contributed by atoms with Crippen LogP contribution in [0.25, 0.3) is 0 Å². The molecular weight excluding hydrogens is 438 g/mol. The summed E-state index contributed by atoms with van der Waals surface area (Å²) < 4.78 is 15.6. The molecule has 2 aromatic carbocycles. The maximum atomic E-state index is 13.6. The predicted octanol–water partition coefficient (Wildman–Crippen LogP) is 3.48. The Hall–Kier alpha value is -3.94. The van der Waals surface area contributed by atoms with E-state index in [-0.39, 0.29) is 18.6 Å². The third-order valence-electron chi connectivity index (χ3n) is 6.34. The Balaban J connectivity index is 1.84. The zero-order chi connectivity index (χ0) is 24.2. The third kappa shape index (κ3) is 4.31. The molecule has 176 valence electrons. The first-order valence-corrected chi connectivity index (χ1v) is 10.9. The number of piperidine rings is 1. The SMILES string of the molecule is COC(=O)[C@H]1[C@@H](C(=O)OC)CC=C2C(=O)C[C@H](c3ccccc3)N(C(=O)Oc3ccccc3)[C@H]21. The molecular formula is C26H25NO7. The van der Waals surface area contributed by atoms with Crippen LogP contribution in [0.3, 0.4) is 0 Å². The standard InChI is InChI=1S/C26H25NO7/c1-32-24(29)19-14-13-18-21(28)15-20(16-9-5-3-6-10-16)27(23(18)22(19)25(30)33-2)26(31)34-17-11-7-4-8-12-17/h3-13,19-20,22-23H,14-15H2,1-2H3/t19-,20+,22-,23+/m0/s1. The molecule has 34 heavy (non-hydrogen) atoms. The van der Waals surface area contributed by atoms with Gasteiger partial charge in [0.2, 0.25) is 0 Å². The molecule has 0 saturated carbocycles. The van der Waals surface area contributed by atoms with Gasteiger partial charge in [0.25, 0.3) is 0 Å². The average molecular weight is 463 g/mol. The second-order valence-electron chi connectivity index (χ2n) is 8.16. The number of fused-ring (bicyclic) bond motifs is 1. The van der Waals surface area contributed by atoms with Gasteiger partial charge >= 0.3 is 18.0 Å². The zero-order valence-corrected chi connectivity index (χ0v) is 18.9. The highest BCUT2D eigenvalue weighted by molar-refractivity contribution is 6.01. The van der Waals surface area contributed by atoms with Crippen LogP contribution in [0.15, 0.2) is 72.3 Å². The first kappa shape index (κ1) is 23.2. The number of allylic oxidation sites excluding steroid dienone is 1. The van der Waals surface area contributed by atoms with Gasteiger partial charge in [0, 0.05) is 12.0 Å². The Morgan fingerprint density at radius 3 is 2.12 bits per heavy atom. The molecule has 8 heteroatoms. The number of ketones is 1. The number of carbonyl (C=O) groups is 4. The van der Waals surface area contributed by atoms with Gasteiger partial charge < -0.3 is 14.2 Å². The normalized spacial score (nSPS) is 23.9. The van der Waals surface area contributed by atoms with Gasteiger partial charge in [-0.1, -0.05) is 54.6 Å². The van der Waals surface area contributed by atoms with E-state index in [1.165, 1.54) is 19.1 Å². The van der Waals surface area contributed by atoms with E-state index >= 15 is 0 Å². The van der Waals surface area contributed by atoms with Gasteiger partial charge in [-0.3, -0.25) is 19.3 Å². The number of Topliss-reactive ketones (excluding diaryl/α,β-unsaturated/α-hetero) is 1. The molecule has 0 unspecified atom stereocenters. The van der Waals surface area contributed by atoms with Crippen LogP contribution in [0.2, 0.25) is 0 Å². The first-order valence-electron chi connectivity index (χ1n) is 10.9. The van der Waals surface area contributed by atoms with E-state index in [9.17, 15) is 19.2 Å². The number of ether oxygens (including phenoxy) is 3. The molecule has 1 aliphatic heterocycles. The van der Waals surface area contributed by atoms with Gasteiger partial charge in [-0.05, 0) is 24.1 Å². The van der Waals surface area contributed by atoms with Gasteiger partial charge in [0.15, 0.2) is 5.78 Å². The Bertz CT molecular complexity index is 1110. The topological polar surface area (TPSA) is 99.2 Å².